The summed E-state index contributed by atoms with van der Waals surface area (Å²) < 4.78 is 0. The molecule has 3 heteroatoms. The van der Waals surface area contributed by atoms with E-state index in [1.165, 1.54) is 11.1 Å². The van der Waals surface area contributed by atoms with Crippen LogP contribution in [0.25, 0.3) is 0 Å². The van der Waals surface area contributed by atoms with E-state index in [1.807, 2.05) is 42.5 Å². The van der Waals surface area contributed by atoms with Crippen molar-refractivity contribution in [3.8, 4) is 0 Å². The molecule has 0 unspecified atom stereocenters. The van der Waals surface area contributed by atoms with Crippen LogP contribution in [0, 0.1) is 0 Å². The molecule has 1 atom stereocenters. The fourth-order valence-corrected chi connectivity index (χ4v) is 2.08. The van der Waals surface area contributed by atoms with Crippen LogP contribution in [0.4, 0.5) is 0 Å². The fourth-order valence-electron chi connectivity index (χ4n) is 1.92. The molecule has 0 radical (unpaired) electrons. The first-order valence-electron chi connectivity index (χ1n) is 6.24. The molecule has 0 spiro atoms. The molecule has 0 saturated heterocycles. The van der Waals surface area contributed by atoms with Crippen molar-refractivity contribution in [3.05, 3.63) is 71.3 Å². The van der Waals surface area contributed by atoms with Gasteiger partial charge in [0.15, 0.2) is 5.78 Å². The Morgan fingerprint density at radius 2 is 1.58 bits per heavy atom. The maximum atomic E-state index is 11.9. The molecule has 2 aromatic carbocycles. The number of benzene rings is 2. The number of thiol groups is 1. The Hall–Kier alpha value is -1.58. The Morgan fingerprint density at radius 3 is 2.16 bits per heavy atom. The predicted octanol–water partition coefficient (Wildman–Crippen LogP) is 2.72. The average Bonchev–Trinajstić information content (AvgIpc) is 2.47. The van der Waals surface area contributed by atoms with E-state index in [4.69, 9.17) is 5.73 Å². The first-order valence-corrected chi connectivity index (χ1v) is 6.87. The van der Waals surface area contributed by atoms with Crippen molar-refractivity contribution >= 4 is 18.4 Å². The Kier molecular flexibility index (Phi) is 4.77. The summed E-state index contributed by atoms with van der Waals surface area (Å²) in [5, 5.41) is 0. The van der Waals surface area contributed by atoms with Gasteiger partial charge in [-0.25, -0.2) is 0 Å². The molecule has 0 bridgehead atoms. The van der Waals surface area contributed by atoms with Gasteiger partial charge in [0.1, 0.15) is 0 Å². The molecule has 2 aromatic rings. The second-order valence-corrected chi connectivity index (χ2v) is 4.88. The number of ketones is 1. The highest BCUT2D eigenvalue weighted by Crippen LogP contribution is 2.12. The molecule has 2 N–H and O–H groups in total. The van der Waals surface area contributed by atoms with Crippen molar-refractivity contribution < 1.29 is 4.79 Å². The van der Waals surface area contributed by atoms with Gasteiger partial charge >= 0.3 is 0 Å². The van der Waals surface area contributed by atoms with E-state index >= 15 is 0 Å². The van der Waals surface area contributed by atoms with E-state index in [9.17, 15) is 4.79 Å². The van der Waals surface area contributed by atoms with Crippen LogP contribution in [0.5, 0.6) is 0 Å². The molecule has 19 heavy (non-hydrogen) atoms. The Labute approximate surface area is 119 Å². The predicted molar refractivity (Wildman–Crippen MR) is 81.8 cm³/mol. The minimum atomic E-state index is -0.525. The van der Waals surface area contributed by atoms with E-state index in [1.54, 1.807) is 0 Å². The minimum absolute atomic E-state index is 0.0544. The lowest BCUT2D eigenvalue weighted by molar-refractivity contribution is 0.0970. The Balaban J connectivity index is 2.09. The molecule has 0 saturated carbocycles. The van der Waals surface area contributed by atoms with Crippen LogP contribution in [0.1, 0.15) is 21.5 Å². The van der Waals surface area contributed by atoms with Gasteiger partial charge in [-0.15, -0.1) is 0 Å². The summed E-state index contributed by atoms with van der Waals surface area (Å²) in [6.45, 7) is 0. The molecule has 2 nitrogen and oxygen atoms in total. The Bertz CT molecular complexity index is 536. The topological polar surface area (TPSA) is 43.1 Å². The largest absolute Gasteiger partial charge is 0.321 e. The van der Waals surface area contributed by atoms with Gasteiger partial charge in [0.05, 0.1) is 6.04 Å². The van der Waals surface area contributed by atoms with Gasteiger partial charge in [-0.3, -0.25) is 4.79 Å². The first kappa shape index (κ1) is 13.8. The first-order chi connectivity index (χ1) is 9.20. The lowest BCUT2D eigenvalue weighted by Gasteiger charge is -2.08. The minimum Gasteiger partial charge on any atom is -0.321 e. The molecule has 0 aliphatic rings. The lowest BCUT2D eigenvalue weighted by Crippen LogP contribution is -2.32. The van der Waals surface area contributed by atoms with E-state index in [2.05, 4.69) is 24.8 Å². The van der Waals surface area contributed by atoms with Crippen LogP contribution in [0.3, 0.4) is 0 Å². The van der Waals surface area contributed by atoms with Gasteiger partial charge < -0.3 is 5.73 Å². The third-order valence-corrected chi connectivity index (χ3v) is 3.42. The number of hydrogen-bond donors (Lipinski definition) is 2. The number of carbonyl (C=O) groups excluding carboxylic acids is 1. The third-order valence-electron chi connectivity index (χ3n) is 3.02. The summed E-state index contributed by atoms with van der Waals surface area (Å²) >= 11 is 4.05. The van der Waals surface area contributed by atoms with Crippen molar-refractivity contribution in [2.75, 3.05) is 5.75 Å². The average molecular weight is 271 g/mol. The molecule has 0 aliphatic heterocycles. The van der Waals surface area contributed by atoms with E-state index in [0.29, 0.717) is 11.3 Å². The van der Waals surface area contributed by atoms with Gasteiger partial charge in [-0.1, -0.05) is 54.6 Å². The maximum Gasteiger partial charge on any atom is 0.180 e. The van der Waals surface area contributed by atoms with Gasteiger partial charge in [0.2, 0.25) is 0 Å². The van der Waals surface area contributed by atoms with E-state index in [-0.39, 0.29) is 5.78 Å². The molecule has 0 aromatic heterocycles. The second-order valence-electron chi connectivity index (χ2n) is 4.51. The monoisotopic (exact) mass is 271 g/mol. The number of Topliss-reactive ketones (excluding diaryl/α,β-unsaturated/α-hetero) is 1. The fraction of sp³-hybridized carbons (Fsp3) is 0.188. The molecule has 0 aliphatic carbocycles. The Morgan fingerprint density at radius 1 is 1.00 bits per heavy atom. The smallest absolute Gasteiger partial charge is 0.180 e. The van der Waals surface area contributed by atoms with Crippen LogP contribution in [-0.4, -0.2) is 17.6 Å². The summed E-state index contributed by atoms with van der Waals surface area (Å²) in [5.74, 6) is 0.311. The van der Waals surface area contributed by atoms with Crippen LogP contribution in [-0.2, 0) is 6.42 Å². The lowest BCUT2D eigenvalue weighted by atomic mass is 10.0. The number of carbonyl (C=O) groups is 1. The van der Waals surface area contributed by atoms with E-state index < -0.39 is 6.04 Å². The van der Waals surface area contributed by atoms with Crippen LogP contribution >= 0.6 is 12.6 Å². The summed E-state index contributed by atoms with van der Waals surface area (Å²) in [7, 11) is 0. The summed E-state index contributed by atoms with van der Waals surface area (Å²) in [4.78, 5) is 11.9. The highest BCUT2D eigenvalue weighted by molar-refractivity contribution is 7.80. The number of rotatable bonds is 5. The normalized spacial score (nSPS) is 12.1. The van der Waals surface area contributed by atoms with E-state index in [0.717, 1.165) is 6.42 Å². The van der Waals surface area contributed by atoms with Gasteiger partial charge in [-0.2, -0.15) is 12.6 Å². The van der Waals surface area contributed by atoms with Crippen molar-refractivity contribution in [3.63, 3.8) is 0 Å². The van der Waals surface area contributed by atoms with Crippen molar-refractivity contribution in [2.45, 2.75) is 12.5 Å². The quantitative estimate of drug-likeness (QED) is 0.648. The SMILES string of the molecule is N[C@@H](CS)C(=O)c1ccc(Cc2ccccc2)cc1. The summed E-state index contributed by atoms with van der Waals surface area (Å²) in [6, 6.07) is 17.3. The molecule has 0 amide bonds. The molecule has 2 rings (SSSR count). The molecule has 98 valence electrons. The highest BCUT2D eigenvalue weighted by Gasteiger charge is 2.13. The van der Waals surface area contributed by atoms with Crippen LogP contribution < -0.4 is 5.73 Å². The van der Waals surface area contributed by atoms with Gasteiger partial charge in [0, 0.05) is 11.3 Å². The summed E-state index contributed by atoms with van der Waals surface area (Å²) in [5.41, 5.74) is 8.78. The molecular weight excluding hydrogens is 254 g/mol. The molecule has 0 fully saturated rings. The van der Waals surface area contributed by atoms with Crippen molar-refractivity contribution in [1.82, 2.24) is 0 Å². The number of nitrogens with two attached hydrogens (primary N) is 1. The van der Waals surface area contributed by atoms with Crippen molar-refractivity contribution in [1.29, 1.82) is 0 Å². The van der Waals surface area contributed by atoms with Crippen molar-refractivity contribution in [2.24, 2.45) is 5.73 Å². The zero-order valence-corrected chi connectivity index (χ0v) is 11.5. The standard InChI is InChI=1S/C16H17NOS/c17-15(11-19)16(18)14-8-6-13(7-9-14)10-12-4-2-1-3-5-12/h1-9,15,19H,10-11,17H2/t15-/m0/s1. The zero-order chi connectivity index (χ0) is 13.7. The molecular formula is C16H17NOS. The zero-order valence-electron chi connectivity index (χ0n) is 10.6. The van der Waals surface area contributed by atoms with Gasteiger partial charge in [0.25, 0.3) is 0 Å². The third kappa shape index (κ3) is 3.69. The van der Waals surface area contributed by atoms with Crippen LogP contribution in [0.15, 0.2) is 54.6 Å². The second kappa shape index (κ2) is 6.55. The summed E-state index contributed by atoms with van der Waals surface area (Å²) in [6.07, 6.45) is 0.869. The number of hydrogen-bond acceptors (Lipinski definition) is 3. The molecule has 0 heterocycles. The van der Waals surface area contributed by atoms with Gasteiger partial charge in [-0.05, 0) is 17.5 Å². The maximum absolute atomic E-state index is 11.9. The van der Waals surface area contributed by atoms with Crippen LogP contribution in [0.2, 0.25) is 0 Å². The highest BCUT2D eigenvalue weighted by atomic mass is 32.1.